The average molecular weight is 344 g/mol. The Morgan fingerprint density at radius 1 is 1.00 bits per heavy atom. The van der Waals surface area contributed by atoms with Gasteiger partial charge in [0.25, 0.3) is 0 Å². The molecule has 1 heterocycles. The molecule has 2 saturated carbocycles. The highest BCUT2D eigenvalue weighted by Crippen LogP contribution is 2.57. The van der Waals surface area contributed by atoms with Crippen LogP contribution in [0.4, 0.5) is 0 Å². The zero-order valence-corrected chi connectivity index (χ0v) is 15.5. The Morgan fingerprint density at radius 3 is 2.04 bits per heavy atom. The molecule has 140 valence electrons. The second-order valence-electron chi connectivity index (χ2n) is 8.66. The van der Waals surface area contributed by atoms with Crippen LogP contribution >= 0.6 is 0 Å². The van der Waals surface area contributed by atoms with Crippen molar-refractivity contribution in [3.05, 3.63) is 0 Å². The van der Waals surface area contributed by atoms with Crippen molar-refractivity contribution in [2.45, 2.75) is 82.8 Å². The maximum Gasteiger partial charge on any atom is 0.223 e. The maximum atomic E-state index is 10.9. The van der Waals surface area contributed by atoms with Gasteiger partial charge in [0.05, 0.1) is 18.8 Å². The van der Waals surface area contributed by atoms with Crippen molar-refractivity contribution in [3.8, 4) is 0 Å². The van der Waals surface area contributed by atoms with Crippen molar-refractivity contribution in [2.75, 3.05) is 20.8 Å². The Hall–Kier alpha value is -0.240. The molecule has 0 radical (unpaired) electrons. The molecular weight excluding hydrogens is 312 g/mol. The number of aliphatic hydroxyl groups is 2. The van der Waals surface area contributed by atoms with E-state index in [4.69, 9.17) is 18.9 Å². The van der Waals surface area contributed by atoms with Crippen LogP contribution in [0.1, 0.15) is 52.9 Å². The monoisotopic (exact) mass is 344 g/mol. The normalized spacial score (nSPS) is 50.9. The number of hydrogen-bond acceptors (Lipinski definition) is 6. The molecule has 6 atom stereocenters. The predicted octanol–water partition coefficient (Wildman–Crippen LogP) is 1.82. The van der Waals surface area contributed by atoms with Crippen molar-refractivity contribution >= 4 is 0 Å². The maximum absolute atomic E-state index is 10.9. The number of ether oxygens (including phenoxy) is 4. The molecule has 24 heavy (non-hydrogen) atoms. The van der Waals surface area contributed by atoms with Crippen LogP contribution in [0.2, 0.25) is 0 Å². The van der Waals surface area contributed by atoms with Gasteiger partial charge in [0, 0.05) is 32.5 Å². The molecule has 6 unspecified atom stereocenters. The van der Waals surface area contributed by atoms with E-state index in [0.717, 1.165) is 12.8 Å². The molecule has 2 aliphatic carbocycles. The number of aliphatic hydroxyl groups excluding tert-OH is 2. The Kier molecular flexibility index (Phi) is 4.56. The molecular formula is C18H32O6. The molecule has 1 saturated heterocycles. The molecule has 3 aliphatic rings. The Labute approximate surface area is 144 Å². The summed E-state index contributed by atoms with van der Waals surface area (Å²) in [5.74, 6) is -2.02. The van der Waals surface area contributed by atoms with Crippen molar-refractivity contribution < 1.29 is 29.2 Å². The van der Waals surface area contributed by atoms with Crippen LogP contribution in [0.3, 0.4) is 0 Å². The smallest absolute Gasteiger partial charge is 0.223 e. The third-order valence-electron chi connectivity index (χ3n) is 6.46. The van der Waals surface area contributed by atoms with Gasteiger partial charge in [0.2, 0.25) is 11.6 Å². The summed E-state index contributed by atoms with van der Waals surface area (Å²) >= 11 is 0. The molecule has 0 aromatic heterocycles. The molecule has 2 N–H and O–H groups in total. The molecule has 0 spiro atoms. The van der Waals surface area contributed by atoms with Crippen LogP contribution in [0.25, 0.3) is 0 Å². The van der Waals surface area contributed by atoms with Gasteiger partial charge in [0.15, 0.2) is 0 Å². The average Bonchev–Trinajstić information content (AvgIpc) is 2.58. The summed E-state index contributed by atoms with van der Waals surface area (Å²) in [4.78, 5) is 0. The van der Waals surface area contributed by atoms with E-state index >= 15 is 0 Å². The highest BCUT2D eigenvalue weighted by atomic mass is 16.8. The van der Waals surface area contributed by atoms with Gasteiger partial charge < -0.3 is 29.2 Å². The fourth-order valence-corrected chi connectivity index (χ4v) is 5.16. The minimum Gasteiger partial charge on any atom is -0.396 e. The zero-order valence-electron chi connectivity index (χ0n) is 15.5. The summed E-state index contributed by atoms with van der Waals surface area (Å²) in [6.45, 7) is 5.97. The number of rotatable bonds is 3. The van der Waals surface area contributed by atoms with Crippen LogP contribution in [0, 0.1) is 10.8 Å². The number of methoxy groups -OCH3 is 2. The molecule has 0 amide bonds. The predicted molar refractivity (Wildman–Crippen MR) is 87.3 cm³/mol. The summed E-state index contributed by atoms with van der Waals surface area (Å²) in [5.41, 5.74) is -0.908. The van der Waals surface area contributed by atoms with Crippen molar-refractivity contribution in [1.82, 2.24) is 0 Å². The standard InChI is InChI=1S/C18H32O6/c1-15(2)10-16(3,11-19)14-12(13(15)20)23-17(21-4)8-6-7-9-18(17,22-5)24-14/h12-14,19-20H,6-11H2,1-5H3. The van der Waals surface area contributed by atoms with Gasteiger partial charge in [-0.2, -0.15) is 0 Å². The minimum atomic E-state index is -1.02. The summed E-state index contributed by atoms with van der Waals surface area (Å²) in [7, 11) is 3.22. The molecule has 6 nitrogen and oxygen atoms in total. The highest BCUT2D eigenvalue weighted by Gasteiger charge is 2.68. The lowest BCUT2D eigenvalue weighted by atomic mass is 9.59. The van der Waals surface area contributed by atoms with Crippen LogP contribution in [-0.2, 0) is 18.9 Å². The van der Waals surface area contributed by atoms with Gasteiger partial charge in [-0.25, -0.2) is 0 Å². The topological polar surface area (TPSA) is 77.4 Å². The second-order valence-corrected chi connectivity index (χ2v) is 8.66. The molecule has 0 bridgehead atoms. The summed E-state index contributed by atoms with van der Waals surface area (Å²) in [5, 5.41) is 21.0. The lowest BCUT2D eigenvalue weighted by Crippen LogP contribution is -2.75. The van der Waals surface area contributed by atoms with Crippen LogP contribution in [0.15, 0.2) is 0 Å². The Morgan fingerprint density at radius 2 is 1.54 bits per heavy atom. The van der Waals surface area contributed by atoms with Crippen LogP contribution in [0.5, 0.6) is 0 Å². The lowest BCUT2D eigenvalue weighted by Gasteiger charge is -2.63. The second kappa shape index (κ2) is 5.89. The Balaban J connectivity index is 2.05. The van der Waals surface area contributed by atoms with Gasteiger partial charge in [-0.3, -0.25) is 0 Å². The van der Waals surface area contributed by atoms with E-state index in [9.17, 15) is 10.2 Å². The van der Waals surface area contributed by atoms with Gasteiger partial charge in [0.1, 0.15) is 6.10 Å². The fourth-order valence-electron chi connectivity index (χ4n) is 5.16. The van der Waals surface area contributed by atoms with E-state index in [2.05, 4.69) is 0 Å². The molecule has 0 aromatic rings. The van der Waals surface area contributed by atoms with Crippen LogP contribution < -0.4 is 0 Å². The van der Waals surface area contributed by atoms with Gasteiger partial charge in [-0.1, -0.05) is 20.8 Å². The molecule has 6 heteroatoms. The van der Waals surface area contributed by atoms with Gasteiger partial charge in [-0.05, 0) is 24.7 Å². The van der Waals surface area contributed by atoms with E-state index in [1.807, 2.05) is 20.8 Å². The summed E-state index contributed by atoms with van der Waals surface area (Å²) in [6, 6.07) is 0. The first kappa shape index (κ1) is 18.5. The van der Waals surface area contributed by atoms with E-state index in [1.54, 1.807) is 14.2 Å². The van der Waals surface area contributed by atoms with E-state index in [0.29, 0.717) is 19.3 Å². The Bertz CT molecular complexity index is 482. The fraction of sp³-hybridized carbons (Fsp3) is 1.00. The highest BCUT2D eigenvalue weighted by molar-refractivity contribution is 5.10. The number of fused-ring (bicyclic) bond motifs is 2. The summed E-state index contributed by atoms with van der Waals surface area (Å²) < 4.78 is 24.6. The van der Waals surface area contributed by atoms with Crippen molar-refractivity contribution in [2.24, 2.45) is 10.8 Å². The molecule has 0 aromatic carbocycles. The minimum absolute atomic E-state index is 0.0343. The molecule has 1 aliphatic heterocycles. The first-order chi connectivity index (χ1) is 11.2. The first-order valence-electron chi connectivity index (χ1n) is 8.94. The van der Waals surface area contributed by atoms with Gasteiger partial charge >= 0.3 is 0 Å². The third-order valence-corrected chi connectivity index (χ3v) is 6.46. The molecule has 3 rings (SSSR count). The quantitative estimate of drug-likeness (QED) is 0.813. The van der Waals surface area contributed by atoms with E-state index < -0.39 is 40.7 Å². The molecule has 3 fully saturated rings. The summed E-state index contributed by atoms with van der Waals surface area (Å²) in [6.07, 6.45) is 2.16. The van der Waals surface area contributed by atoms with Crippen molar-refractivity contribution in [1.29, 1.82) is 0 Å². The van der Waals surface area contributed by atoms with Gasteiger partial charge in [-0.15, -0.1) is 0 Å². The number of hydrogen-bond donors (Lipinski definition) is 2. The lowest BCUT2D eigenvalue weighted by molar-refractivity contribution is -0.491. The van der Waals surface area contributed by atoms with E-state index in [-0.39, 0.29) is 6.61 Å². The SMILES string of the molecule is COC12CCCCC1(OC)OC1C(O2)C(O)C(C)(C)CC1(C)CO. The zero-order chi connectivity index (χ0) is 17.8. The first-order valence-corrected chi connectivity index (χ1v) is 8.94. The van der Waals surface area contributed by atoms with Crippen LogP contribution in [-0.4, -0.2) is 60.9 Å². The largest absolute Gasteiger partial charge is 0.396 e. The van der Waals surface area contributed by atoms with E-state index in [1.165, 1.54) is 0 Å². The van der Waals surface area contributed by atoms with Crippen molar-refractivity contribution in [3.63, 3.8) is 0 Å². The third kappa shape index (κ3) is 2.38.